The fraction of sp³-hybridized carbons (Fsp3) is 0.240. The normalized spacial score (nSPS) is 24.0. The smallest absolute Gasteiger partial charge is 0.155 e. The number of benzene rings is 6. The van der Waals surface area contributed by atoms with Crippen molar-refractivity contribution in [1.29, 1.82) is 0 Å². The molecule has 2 aliphatic heterocycles. The van der Waals surface area contributed by atoms with Gasteiger partial charge in [0.1, 0.15) is 23.3 Å². The molecule has 4 aliphatic carbocycles. The van der Waals surface area contributed by atoms with Gasteiger partial charge in [-0.2, -0.15) is 0 Å². The summed E-state index contributed by atoms with van der Waals surface area (Å²) in [6.07, 6.45) is 6.38. The Bertz CT molecular complexity index is 2620. The number of nitrogens with zero attached hydrogens (tertiary/aromatic N) is 2. The largest absolute Gasteiger partial charge is 0.486 e. The fourth-order valence-corrected chi connectivity index (χ4v) is 11.3. The van der Waals surface area contributed by atoms with E-state index in [0.717, 1.165) is 28.4 Å². The minimum Gasteiger partial charge on any atom is -0.486 e. The van der Waals surface area contributed by atoms with Gasteiger partial charge >= 0.3 is 0 Å². The number of aliphatic imine (C=N–C) groups is 2. The lowest BCUT2D eigenvalue weighted by Crippen LogP contribution is -2.30. The van der Waals surface area contributed by atoms with Gasteiger partial charge in [0.25, 0.3) is 0 Å². The summed E-state index contributed by atoms with van der Waals surface area (Å²) in [5, 5.41) is 0. The van der Waals surface area contributed by atoms with Crippen molar-refractivity contribution in [3.8, 4) is 39.1 Å². The molecule has 3 nitrogen and oxygen atoms in total. The van der Waals surface area contributed by atoms with Crippen LogP contribution in [0.5, 0.6) is 5.75 Å². The van der Waals surface area contributed by atoms with E-state index in [1.807, 2.05) is 0 Å². The highest BCUT2D eigenvalue weighted by molar-refractivity contribution is 6.22. The molecular weight excluding hydrogens is 645 g/mol. The van der Waals surface area contributed by atoms with Gasteiger partial charge < -0.3 is 4.74 Å². The molecule has 0 aromatic heterocycles. The second-order valence-electron chi connectivity index (χ2n) is 16.7. The SMILES string of the molecule is CC1(C)c2cc3c(cc2-c2c(-c4cccc(C5=NC6C7Oc8ccccc8C67C(c6ccccc6)=N5)c4)cccc21)C1(CCCCC1)c1ccccc1-3. The van der Waals surface area contributed by atoms with Crippen LogP contribution < -0.4 is 4.74 Å². The summed E-state index contributed by atoms with van der Waals surface area (Å²) in [5.74, 6) is 1.75. The maximum Gasteiger partial charge on any atom is 0.155 e. The standard InChI is InChI=1S/C50H40N2O/c1-48(2)39-23-14-20-33(43(39)36-29-41-35(28-40(36)48)34-19-7-8-21-37(34)49(41)25-11-4-12-26-49)31-17-13-18-32(27-31)47-51-44(30-15-5-3-6-16-30)50-38-22-9-10-24-42(38)53-46(50)45(50)52-47/h3,5-10,13-24,27-29,45-46H,4,11-12,25-26H2,1-2H3. The van der Waals surface area contributed by atoms with Crippen LogP contribution in [0.4, 0.5) is 0 Å². The second-order valence-corrected chi connectivity index (χ2v) is 16.7. The highest BCUT2D eigenvalue weighted by Crippen LogP contribution is 2.64. The lowest BCUT2D eigenvalue weighted by molar-refractivity contribution is 0.308. The van der Waals surface area contributed by atoms with Gasteiger partial charge in [-0.25, -0.2) is 4.99 Å². The lowest BCUT2D eigenvalue weighted by atomic mass is 9.67. The Labute approximate surface area is 311 Å². The van der Waals surface area contributed by atoms with Crippen LogP contribution in [-0.2, 0) is 16.2 Å². The fourth-order valence-electron chi connectivity index (χ4n) is 11.3. The maximum atomic E-state index is 6.56. The van der Waals surface area contributed by atoms with Crippen molar-refractivity contribution in [2.75, 3.05) is 0 Å². The third-order valence-electron chi connectivity index (χ3n) is 13.8. The second kappa shape index (κ2) is 10.3. The van der Waals surface area contributed by atoms with Gasteiger partial charge in [-0.15, -0.1) is 0 Å². The van der Waals surface area contributed by atoms with E-state index < -0.39 is 0 Å². The average Bonchev–Trinajstić information content (AvgIpc) is 3.48. The van der Waals surface area contributed by atoms with Gasteiger partial charge in [-0.05, 0) is 98.3 Å². The van der Waals surface area contributed by atoms with E-state index in [0.29, 0.717) is 0 Å². The summed E-state index contributed by atoms with van der Waals surface area (Å²) < 4.78 is 6.56. The zero-order valence-electron chi connectivity index (χ0n) is 30.2. The first-order chi connectivity index (χ1) is 26.0. The molecule has 2 saturated carbocycles. The number of para-hydroxylation sites is 1. The predicted octanol–water partition coefficient (Wildman–Crippen LogP) is 11.2. The van der Waals surface area contributed by atoms with E-state index >= 15 is 0 Å². The molecule has 0 radical (unpaired) electrons. The van der Waals surface area contributed by atoms with Crippen LogP contribution in [0.2, 0.25) is 0 Å². The van der Waals surface area contributed by atoms with Crippen LogP contribution in [0.3, 0.4) is 0 Å². The summed E-state index contributed by atoms with van der Waals surface area (Å²) in [6, 6.07) is 49.5. The van der Waals surface area contributed by atoms with E-state index in [9.17, 15) is 0 Å². The zero-order valence-corrected chi connectivity index (χ0v) is 30.2. The van der Waals surface area contributed by atoms with Gasteiger partial charge in [0, 0.05) is 22.0 Å². The van der Waals surface area contributed by atoms with Gasteiger partial charge in [0.2, 0.25) is 0 Å². The average molecular weight is 685 g/mol. The molecule has 6 aliphatic rings. The first-order valence-electron chi connectivity index (χ1n) is 19.5. The topological polar surface area (TPSA) is 34.0 Å². The van der Waals surface area contributed by atoms with Crippen molar-refractivity contribution in [3.05, 3.63) is 172 Å². The molecule has 12 rings (SSSR count). The highest BCUT2D eigenvalue weighted by Gasteiger charge is 2.77. The molecule has 53 heavy (non-hydrogen) atoms. The number of fused-ring (bicyclic) bond motifs is 10. The first-order valence-corrected chi connectivity index (χ1v) is 19.5. The molecule has 2 fully saturated rings. The summed E-state index contributed by atoms with van der Waals surface area (Å²) in [7, 11) is 0. The zero-order chi connectivity index (χ0) is 35.1. The minimum absolute atomic E-state index is 0.00994. The van der Waals surface area contributed by atoms with E-state index in [1.165, 1.54) is 82.2 Å². The van der Waals surface area contributed by atoms with Crippen molar-refractivity contribution in [2.45, 2.75) is 74.3 Å². The predicted molar refractivity (Wildman–Crippen MR) is 215 cm³/mol. The number of amidine groups is 1. The van der Waals surface area contributed by atoms with Gasteiger partial charge in [-0.1, -0.05) is 142 Å². The molecule has 0 amide bonds. The van der Waals surface area contributed by atoms with Crippen LogP contribution in [0.1, 0.15) is 84.9 Å². The molecule has 0 N–H and O–H groups in total. The van der Waals surface area contributed by atoms with Crippen LogP contribution in [0, 0.1) is 0 Å². The van der Waals surface area contributed by atoms with Crippen molar-refractivity contribution >= 4 is 11.5 Å². The Kier molecular flexibility index (Phi) is 5.84. The molecule has 2 heterocycles. The van der Waals surface area contributed by atoms with Crippen LogP contribution >= 0.6 is 0 Å². The van der Waals surface area contributed by atoms with Gasteiger partial charge in [-0.3, -0.25) is 4.99 Å². The summed E-state index contributed by atoms with van der Waals surface area (Å²) in [6.45, 7) is 4.83. The van der Waals surface area contributed by atoms with Crippen molar-refractivity contribution in [3.63, 3.8) is 0 Å². The van der Waals surface area contributed by atoms with Crippen LogP contribution in [0.25, 0.3) is 33.4 Å². The maximum absolute atomic E-state index is 6.56. The Balaban J connectivity index is 1.00. The van der Waals surface area contributed by atoms with E-state index in [2.05, 4.69) is 147 Å². The monoisotopic (exact) mass is 684 g/mol. The Morgan fingerprint density at radius 2 is 1.23 bits per heavy atom. The molecule has 3 heteroatoms. The molecule has 0 saturated heterocycles. The molecule has 3 atom stereocenters. The quantitative estimate of drug-likeness (QED) is 0.183. The van der Waals surface area contributed by atoms with Gasteiger partial charge in [0.05, 0.1) is 5.71 Å². The lowest BCUT2D eigenvalue weighted by Gasteiger charge is -2.36. The number of hydrogen-bond acceptors (Lipinski definition) is 3. The Morgan fingerprint density at radius 3 is 2.09 bits per heavy atom. The number of ether oxygens (including phenoxy) is 1. The number of rotatable bonds is 3. The van der Waals surface area contributed by atoms with Gasteiger partial charge in [0.15, 0.2) is 5.84 Å². The highest BCUT2D eigenvalue weighted by atomic mass is 16.5. The first kappa shape index (κ1) is 30.0. The molecule has 2 spiro atoms. The molecule has 6 aromatic carbocycles. The Morgan fingerprint density at radius 1 is 0.547 bits per heavy atom. The van der Waals surface area contributed by atoms with Crippen molar-refractivity contribution in [2.24, 2.45) is 9.98 Å². The third kappa shape index (κ3) is 3.75. The van der Waals surface area contributed by atoms with E-state index in [1.54, 1.807) is 11.1 Å². The summed E-state index contributed by atoms with van der Waals surface area (Å²) in [5.41, 5.74) is 18.3. The van der Waals surface area contributed by atoms with Crippen LogP contribution in [0.15, 0.2) is 143 Å². The molecule has 6 aromatic rings. The molecular formula is C50H40N2O. The van der Waals surface area contributed by atoms with E-state index in [-0.39, 0.29) is 28.4 Å². The molecule has 0 bridgehead atoms. The van der Waals surface area contributed by atoms with Crippen molar-refractivity contribution < 1.29 is 4.74 Å². The molecule has 3 unspecified atom stereocenters. The Hall–Kier alpha value is -5.54. The van der Waals surface area contributed by atoms with Crippen molar-refractivity contribution in [1.82, 2.24) is 0 Å². The summed E-state index contributed by atoms with van der Waals surface area (Å²) in [4.78, 5) is 10.8. The molecule has 256 valence electrons. The third-order valence-corrected chi connectivity index (χ3v) is 13.8. The van der Waals surface area contributed by atoms with E-state index in [4.69, 9.17) is 14.7 Å². The minimum atomic E-state index is -0.329. The van der Waals surface area contributed by atoms with Crippen LogP contribution in [-0.4, -0.2) is 23.7 Å². The number of hydrogen-bond donors (Lipinski definition) is 0. The summed E-state index contributed by atoms with van der Waals surface area (Å²) >= 11 is 0.